The normalized spacial score (nSPS) is 11.6. The topological polar surface area (TPSA) is 56.8 Å². The number of hydrogen-bond donors (Lipinski definition) is 1. The fourth-order valence-corrected chi connectivity index (χ4v) is 3.17. The zero-order chi connectivity index (χ0) is 19.6. The Morgan fingerprint density at radius 3 is 2.44 bits per heavy atom. The molecule has 2 aromatic rings. The SMILES string of the molecule is CCOc1ccccc1OCCCC(=O)NC(C)c1ccc(OC)c(Br)c1. The van der Waals surface area contributed by atoms with Crippen LogP contribution >= 0.6 is 15.9 Å². The summed E-state index contributed by atoms with van der Waals surface area (Å²) in [7, 11) is 1.62. The van der Waals surface area contributed by atoms with E-state index in [1.54, 1.807) is 7.11 Å². The second kappa shape index (κ2) is 10.8. The molecule has 0 aliphatic heterocycles. The van der Waals surface area contributed by atoms with Gasteiger partial charge in [0.05, 0.1) is 30.8 Å². The number of rotatable bonds is 10. The summed E-state index contributed by atoms with van der Waals surface area (Å²) in [6.45, 7) is 4.94. The van der Waals surface area contributed by atoms with Gasteiger partial charge in [-0.05, 0) is 66.0 Å². The number of nitrogens with one attached hydrogen (secondary N) is 1. The average Bonchev–Trinajstić information content (AvgIpc) is 2.66. The summed E-state index contributed by atoms with van der Waals surface area (Å²) in [5, 5.41) is 3.01. The lowest BCUT2D eigenvalue weighted by Crippen LogP contribution is -2.26. The molecular formula is C21H26BrNO4. The van der Waals surface area contributed by atoms with E-state index in [2.05, 4.69) is 21.2 Å². The van der Waals surface area contributed by atoms with Gasteiger partial charge < -0.3 is 19.5 Å². The van der Waals surface area contributed by atoms with E-state index in [-0.39, 0.29) is 11.9 Å². The van der Waals surface area contributed by atoms with Gasteiger partial charge in [-0.3, -0.25) is 4.79 Å². The molecule has 2 aromatic carbocycles. The number of para-hydroxylation sites is 2. The Hall–Kier alpha value is -2.21. The molecule has 2 rings (SSSR count). The number of methoxy groups -OCH3 is 1. The summed E-state index contributed by atoms with van der Waals surface area (Å²) in [6, 6.07) is 13.3. The van der Waals surface area contributed by atoms with Gasteiger partial charge in [-0.2, -0.15) is 0 Å². The first kappa shape index (κ1) is 21.1. The Balaban J connectivity index is 1.77. The van der Waals surface area contributed by atoms with Crippen LogP contribution in [-0.4, -0.2) is 26.2 Å². The maximum Gasteiger partial charge on any atom is 0.220 e. The molecule has 1 amide bonds. The number of amides is 1. The molecule has 0 saturated carbocycles. The van der Waals surface area contributed by atoms with E-state index < -0.39 is 0 Å². The summed E-state index contributed by atoms with van der Waals surface area (Å²) in [6.07, 6.45) is 1.03. The van der Waals surface area contributed by atoms with Gasteiger partial charge >= 0.3 is 0 Å². The third kappa shape index (κ3) is 6.47. The van der Waals surface area contributed by atoms with E-state index >= 15 is 0 Å². The summed E-state index contributed by atoms with van der Waals surface area (Å²) in [5.74, 6) is 2.19. The highest BCUT2D eigenvalue weighted by Crippen LogP contribution is 2.28. The molecule has 0 aliphatic carbocycles. The molecule has 0 radical (unpaired) electrons. The molecule has 0 bridgehead atoms. The molecule has 0 aliphatic rings. The Bertz CT molecular complexity index is 751. The van der Waals surface area contributed by atoms with Gasteiger partial charge in [0.1, 0.15) is 5.75 Å². The van der Waals surface area contributed by atoms with Crippen molar-refractivity contribution in [3.05, 3.63) is 52.5 Å². The number of hydrogen-bond acceptors (Lipinski definition) is 4. The van der Waals surface area contributed by atoms with Crippen LogP contribution < -0.4 is 19.5 Å². The molecule has 5 nitrogen and oxygen atoms in total. The van der Waals surface area contributed by atoms with E-state index in [0.717, 1.165) is 21.5 Å². The molecule has 0 saturated heterocycles. The van der Waals surface area contributed by atoms with Gasteiger partial charge in [0.25, 0.3) is 0 Å². The van der Waals surface area contributed by atoms with Crippen molar-refractivity contribution in [1.82, 2.24) is 5.32 Å². The molecule has 1 unspecified atom stereocenters. The predicted octanol–water partition coefficient (Wildman–Crippen LogP) is 4.89. The minimum Gasteiger partial charge on any atom is -0.496 e. The molecule has 0 spiro atoms. The van der Waals surface area contributed by atoms with Gasteiger partial charge in [0.15, 0.2) is 11.5 Å². The van der Waals surface area contributed by atoms with Crippen LogP contribution in [0.1, 0.15) is 38.3 Å². The van der Waals surface area contributed by atoms with Crippen molar-refractivity contribution in [1.29, 1.82) is 0 Å². The number of carbonyl (C=O) groups excluding carboxylic acids is 1. The number of ether oxygens (including phenoxy) is 3. The fraction of sp³-hybridized carbons (Fsp3) is 0.381. The molecule has 0 heterocycles. The predicted molar refractivity (Wildman–Crippen MR) is 110 cm³/mol. The van der Waals surface area contributed by atoms with Gasteiger partial charge in [0.2, 0.25) is 5.91 Å². The summed E-state index contributed by atoms with van der Waals surface area (Å²) in [5.41, 5.74) is 1.01. The van der Waals surface area contributed by atoms with E-state index in [4.69, 9.17) is 14.2 Å². The lowest BCUT2D eigenvalue weighted by Gasteiger charge is -2.16. The second-order valence-electron chi connectivity index (χ2n) is 6.01. The monoisotopic (exact) mass is 435 g/mol. The van der Waals surface area contributed by atoms with Crippen LogP contribution in [0.5, 0.6) is 17.2 Å². The summed E-state index contributed by atoms with van der Waals surface area (Å²) < 4.78 is 17.4. The minimum atomic E-state index is -0.0840. The smallest absolute Gasteiger partial charge is 0.220 e. The van der Waals surface area contributed by atoms with Crippen molar-refractivity contribution < 1.29 is 19.0 Å². The molecule has 0 fully saturated rings. The van der Waals surface area contributed by atoms with Crippen molar-refractivity contribution in [3.8, 4) is 17.2 Å². The van der Waals surface area contributed by atoms with Crippen LogP contribution in [0.15, 0.2) is 46.9 Å². The summed E-state index contributed by atoms with van der Waals surface area (Å²) in [4.78, 5) is 12.2. The lowest BCUT2D eigenvalue weighted by atomic mass is 10.1. The van der Waals surface area contributed by atoms with E-state index in [1.165, 1.54) is 0 Å². The Morgan fingerprint density at radius 2 is 1.81 bits per heavy atom. The Morgan fingerprint density at radius 1 is 1.11 bits per heavy atom. The largest absolute Gasteiger partial charge is 0.496 e. The van der Waals surface area contributed by atoms with Gasteiger partial charge in [-0.15, -0.1) is 0 Å². The molecular weight excluding hydrogens is 410 g/mol. The van der Waals surface area contributed by atoms with Gasteiger partial charge in [0, 0.05) is 6.42 Å². The maximum atomic E-state index is 12.2. The first-order valence-electron chi connectivity index (χ1n) is 9.02. The zero-order valence-electron chi connectivity index (χ0n) is 16.0. The van der Waals surface area contributed by atoms with Crippen molar-refractivity contribution >= 4 is 21.8 Å². The fourth-order valence-electron chi connectivity index (χ4n) is 2.61. The third-order valence-electron chi connectivity index (χ3n) is 4.01. The average molecular weight is 436 g/mol. The van der Waals surface area contributed by atoms with Crippen LogP contribution in [-0.2, 0) is 4.79 Å². The molecule has 0 aromatic heterocycles. The lowest BCUT2D eigenvalue weighted by molar-refractivity contribution is -0.121. The zero-order valence-corrected chi connectivity index (χ0v) is 17.5. The number of carbonyl (C=O) groups is 1. The standard InChI is InChI=1S/C21H26BrNO4/c1-4-26-19-8-5-6-9-20(19)27-13-7-10-21(24)23-15(2)16-11-12-18(25-3)17(22)14-16/h5-6,8-9,11-12,14-15H,4,7,10,13H2,1-3H3,(H,23,24). The van der Waals surface area contributed by atoms with Crippen LogP contribution in [0.4, 0.5) is 0 Å². The number of benzene rings is 2. The molecule has 1 N–H and O–H groups in total. The second-order valence-corrected chi connectivity index (χ2v) is 6.87. The quantitative estimate of drug-likeness (QED) is 0.539. The van der Waals surface area contributed by atoms with Crippen LogP contribution in [0.2, 0.25) is 0 Å². The van der Waals surface area contributed by atoms with Crippen molar-refractivity contribution in [3.63, 3.8) is 0 Å². The Labute approximate surface area is 169 Å². The number of halogens is 1. The van der Waals surface area contributed by atoms with Crippen LogP contribution in [0, 0.1) is 0 Å². The van der Waals surface area contributed by atoms with E-state index in [9.17, 15) is 4.79 Å². The molecule has 1 atom stereocenters. The van der Waals surface area contributed by atoms with E-state index in [0.29, 0.717) is 31.8 Å². The molecule has 27 heavy (non-hydrogen) atoms. The minimum absolute atomic E-state index is 0.00358. The van der Waals surface area contributed by atoms with Crippen molar-refractivity contribution in [2.45, 2.75) is 32.7 Å². The van der Waals surface area contributed by atoms with Gasteiger partial charge in [-0.25, -0.2) is 0 Å². The Kier molecular flexibility index (Phi) is 8.45. The van der Waals surface area contributed by atoms with Crippen molar-refractivity contribution in [2.24, 2.45) is 0 Å². The summed E-state index contributed by atoms with van der Waals surface area (Å²) >= 11 is 3.47. The van der Waals surface area contributed by atoms with E-state index in [1.807, 2.05) is 56.3 Å². The highest BCUT2D eigenvalue weighted by atomic mass is 79.9. The van der Waals surface area contributed by atoms with Gasteiger partial charge in [-0.1, -0.05) is 18.2 Å². The molecule has 146 valence electrons. The highest BCUT2D eigenvalue weighted by Gasteiger charge is 2.12. The molecule has 6 heteroatoms. The highest BCUT2D eigenvalue weighted by molar-refractivity contribution is 9.10. The van der Waals surface area contributed by atoms with Crippen LogP contribution in [0.25, 0.3) is 0 Å². The first-order valence-corrected chi connectivity index (χ1v) is 9.81. The van der Waals surface area contributed by atoms with Crippen molar-refractivity contribution in [2.75, 3.05) is 20.3 Å². The maximum absolute atomic E-state index is 12.2. The third-order valence-corrected chi connectivity index (χ3v) is 4.63. The first-order chi connectivity index (χ1) is 13.0. The van der Waals surface area contributed by atoms with Crippen LogP contribution in [0.3, 0.4) is 0 Å².